The first kappa shape index (κ1) is 11.8. The standard InChI is InChI=1S/C15H20N2/c1-2-3-9-17-10-5-8-15(17)12-13-6-4-7-14(16)11-13/h4-8,10-11H,2-3,9,12,16H2,1H3. The molecule has 0 saturated heterocycles. The van der Waals surface area contributed by atoms with Gasteiger partial charge in [-0.25, -0.2) is 0 Å². The van der Waals surface area contributed by atoms with Crippen LogP contribution in [0.1, 0.15) is 31.0 Å². The van der Waals surface area contributed by atoms with Gasteiger partial charge in [-0.3, -0.25) is 0 Å². The molecule has 0 amide bonds. The summed E-state index contributed by atoms with van der Waals surface area (Å²) in [5.41, 5.74) is 9.28. The molecule has 0 bridgehead atoms. The first-order valence-corrected chi connectivity index (χ1v) is 6.28. The molecule has 0 saturated carbocycles. The molecule has 0 atom stereocenters. The lowest BCUT2D eigenvalue weighted by Crippen LogP contribution is -2.02. The number of nitrogens with zero attached hydrogens (tertiary/aromatic N) is 1. The summed E-state index contributed by atoms with van der Waals surface area (Å²) in [7, 11) is 0. The van der Waals surface area contributed by atoms with Crippen LogP contribution >= 0.6 is 0 Å². The van der Waals surface area contributed by atoms with Crippen molar-refractivity contribution in [2.45, 2.75) is 32.7 Å². The molecule has 0 unspecified atom stereocenters. The summed E-state index contributed by atoms with van der Waals surface area (Å²) >= 11 is 0. The van der Waals surface area contributed by atoms with Crippen molar-refractivity contribution >= 4 is 5.69 Å². The SMILES string of the molecule is CCCCn1cccc1Cc1cccc(N)c1. The predicted molar refractivity (Wildman–Crippen MR) is 73.0 cm³/mol. The van der Waals surface area contributed by atoms with Gasteiger partial charge >= 0.3 is 0 Å². The molecule has 2 rings (SSSR count). The zero-order valence-corrected chi connectivity index (χ0v) is 10.4. The summed E-state index contributed by atoms with van der Waals surface area (Å²) in [6.07, 6.45) is 5.59. The number of aryl methyl sites for hydroxylation is 1. The Morgan fingerprint density at radius 1 is 1.18 bits per heavy atom. The summed E-state index contributed by atoms with van der Waals surface area (Å²) in [6.45, 7) is 3.34. The fraction of sp³-hybridized carbons (Fsp3) is 0.333. The topological polar surface area (TPSA) is 30.9 Å². The summed E-state index contributed by atoms with van der Waals surface area (Å²) in [6, 6.07) is 12.4. The zero-order valence-electron chi connectivity index (χ0n) is 10.4. The van der Waals surface area contributed by atoms with E-state index in [1.165, 1.54) is 24.1 Å². The molecule has 0 spiro atoms. The van der Waals surface area contributed by atoms with Crippen molar-refractivity contribution < 1.29 is 0 Å². The van der Waals surface area contributed by atoms with Crippen LogP contribution in [0.4, 0.5) is 5.69 Å². The van der Waals surface area contributed by atoms with Crippen molar-refractivity contribution in [3.63, 3.8) is 0 Å². The van der Waals surface area contributed by atoms with Crippen molar-refractivity contribution in [1.29, 1.82) is 0 Å². The Balaban J connectivity index is 2.10. The first-order chi connectivity index (χ1) is 8.29. The van der Waals surface area contributed by atoms with Crippen molar-refractivity contribution in [3.05, 3.63) is 53.9 Å². The van der Waals surface area contributed by atoms with Gasteiger partial charge in [-0.15, -0.1) is 0 Å². The van der Waals surface area contributed by atoms with E-state index in [4.69, 9.17) is 5.73 Å². The van der Waals surface area contributed by atoms with E-state index in [-0.39, 0.29) is 0 Å². The fourth-order valence-corrected chi connectivity index (χ4v) is 2.07. The second-order valence-corrected chi connectivity index (χ2v) is 4.47. The van der Waals surface area contributed by atoms with Gasteiger partial charge in [0, 0.05) is 30.5 Å². The molecule has 1 heterocycles. The third-order valence-electron chi connectivity index (χ3n) is 3.01. The molecule has 2 N–H and O–H groups in total. The number of unbranched alkanes of at least 4 members (excludes halogenated alkanes) is 1. The fourth-order valence-electron chi connectivity index (χ4n) is 2.07. The number of rotatable bonds is 5. The largest absolute Gasteiger partial charge is 0.399 e. The molecule has 2 nitrogen and oxygen atoms in total. The van der Waals surface area contributed by atoms with Gasteiger partial charge in [-0.2, -0.15) is 0 Å². The summed E-state index contributed by atoms with van der Waals surface area (Å²) in [5, 5.41) is 0. The highest BCUT2D eigenvalue weighted by molar-refractivity contribution is 5.41. The molecular formula is C15H20N2. The lowest BCUT2D eigenvalue weighted by molar-refractivity contribution is 0.616. The number of nitrogen functional groups attached to an aromatic ring is 1. The van der Waals surface area contributed by atoms with Crippen molar-refractivity contribution in [2.24, 2.45) is 0 Å². The molecule has 90 valence electrons. The number of hydrogen-bond donors (Lipinski definition) is 1. The maximum atomic E-state index is 5.80. The molecular weight excluding hydrogens is 208 g/mol. The van der Waals surface area contributed by atoms with Crippen molar-refractivity contribution in [2.75, 3.05) is 5.73 Å². The minimum absolute atomic E-state index is 0.842. The van der Waals surface area contributed by atoms with Gasteiger partial charge in [-0.05, 0) is 36.2 Å². The van der Waals surface area contributed by atoms with Crippen LogP contribution in [0.15, 0.2) is 42.6 Å². The minimum Gasteiger partial charge on any atom is -0.399 e. The summed E-state index contributed by atoms with van der Waals surface area (Å²) in [5.74, 6) is 0. The maximum Gasteiger partial charge on any atom is 0.0316 e. The van der Waals surface area contributed by atoms with E-state index in [2.05, 4.69) is 42.0 Å². The third kappa shape index (κ3) is 3.13. The second-order valence-electron chi connectivity index (χ2n) is 4.47. The van der Waals surface area contributed by atoms with Crippen LogP contribution in [-0.2, 0) is 13.0 Å². The lowest BCUT2D eigenvalue weighted by Gasteiger charge is -2.09. The quantitative estimate of drug-likeness (QED) is 0.781. The van der Waals surface area contributed by atoms with Gasteiger partial charge in [-0.1, -0.05) is 25.5 Å². The number of nitrogens with two attached hydrogens (primary N) is 1. The van der Waals surface area contributed by atoms with E-state index in [9.17, 15) is 0 Å². The first-order valence-electron chi connectivity index (χ1n) is 6.28. The molecule has 2 heteroatoms. The smallest absolute Gasteiger partial charge is 0.0316 e. The Labute approximate surface area is 103 Å². The molecule has 1 aromatic heterocycles. The highest BCUT2D eigenvalue weighted by atomic mass is 15.0. The highest BCUT2D eigenvalue weighted by Crippen LogP contribution is 2.14. The Morgan fingerprint density at radius 2 is 2.06 bits per heavy atom. The van der Waals surface area contributed by atoms with Crippen LogP contribution in [0.25, 0.3) is 0 Å². The number of hydrogen-bond acceptors (Lipinski definition) is 1. The monoisotopic (exact) mass is 228 g/mol. The van der Waals surface area contributed by atoms with Crippen LogP contribution in [0.5, 0.6) is 0 Å². The lowest BCUT2D eigenvalue weighted by atomic mass is 10.1. The van der Waals surface area contributed by atoms with Crippen molar-refractivity contribution in [1.82, 2.24) is 4.57 Å². The van der Waals surface area contributed by atoms with E-state index in [0.29, 0.717) is 0 Å². The Hall–Kier alpha value is -1.70. The highest BCUT2D eigenvalue weighted by Gasteiger charge is 2.02. The normalized spacial score (nSPS) is 10.6. The molecule has 0 aliphatic heterocycles. The minimum atomic E-state index is 0.842. The van der Waals surface area contributed by atoms with Gasteiger partial charge < -0.3 is 10.3 Å². The van der Waals surface area contributed by atoms with Crippen LogP contribution in [0, 0.1) is 0 Å². The van der Waals surface area contributed by atoms with Crippen LogP contribution in [0.3, 0.4) is 0 Å². The predicted octanol–water partition coefficient (Wildman–Crippen LogP) is 3.46. The number of anilines is 1. The van der Waals surface area contributed by atoms with E-state index >= 15 is 0 Å². The molecule has 0 fully saturated rings. The zero-order chi connectivity index (χ0) is 12.1. The van der Waals surface area contributed by atoms with Gasteiger partial charge in [0.05, 0.1) is 0 Å². The Morgan fingerprint density at radius 3 is 2.82 bits per heavy atom. The van der Waals surface area contributed by atoms with Crippen molar-refractivity contribution in [3.8, 4) is 0 Å². The van der Waals surface area contributed by atoms with E-state index in [1.54, 1.807) is 0 Å². The van der Waals surface area contributed by atoms with Gasteiger partial charge in [0.15, 0.2) is 0 Å². The molecule has 1 aromatic carbocycles. The molecule has 0 radical (unpaired) electrons. The molecule has 2 aromatic rings. The summed E-state index contributed by atoms with van der Waals surface area (Å²) in [4.78, 5) is 0. The Bertz CT molecular complexity index is 471. The average Bonchev–Trinajstić information content (AvgIpc) is 2.74. The van der Waals surface area contributed by atoms with Gasteiger partial charge in [0.1, 0.15) is 0 Å². The molecule has 0 aliphatic rings. The maximum absolute atomic E-state index is 5.80. The number of benzene rings is 1. The molecule has 0 aliphatic carbocycles. The Kier molecular flexibility index (Phi) is 3.86. The second kappa shape index (κ2) is 5.58. The van der Waals surface area contributed by atoms with Gasteiger partial charge in [0.25, 0.3) is 0 Å². The van der Waals surface area contributed by atoms with E-state index in [0.717, 1.165) is 18.7 Å². The average molecular weight is 228 g/mol. The van der Waals surface area contributed by atoms with Crippen LogP contribution in [-0.4, -0.2) is 4.57 Å². The van der Waals surface area contributed by atoms with E-state index < -0.39 is 0 Å². The third-order valence-corrected chi connectivity index (χ3v) is 3.01. The van der Waals surface area contributed by atoms with Crippen LogP contribution in [0.2, 0.25) is 0 Å². The van der Waals surface area contributed by atoms with E-state index in [1.807, 2.05) is 12.1 Å². The molecule has 17 heavy (non-hydrogen) atoms. The van der Waals surface area contributed by atoms with Crippen LogP contribution < -0.4 is 5.73 Å². The van der Waals surface area contributed by atoms with Gasteiger partial charge in [0.2, 0.25) is 0 Å². The summed E-state index contributed by atoms with van der Waals surface area (Å²) < 4.78 is 2.34. The number of aromatic nitrogens is 1.